The van der Waals surface area contributed by atoms with Crippen molar-refractivity contribution in [3.05, 3.63) is 182 Å². The highest BCUT2D eigenvalue weighted by Crippen LogP contribution is 2.38. The van der Waals surface area contributed by atoms with Crippen molar-refractivity contribution in [3.63, 3.8) is 0 Å². The second-order valence-electron chi connectivity index (χ2n) is 27.0. The molecular weight excluding hydrogens is 1230 g/mol. The molecule has 98 heavy (non-hydrogen) atoms. The lowest BCUT2D eigenvalue weighted by atomic mass is 10.0. The molecule has 0 N–H and O–H groups in total. The van der Waals surface area contributed by atoms with Gasteiger partial charge in [0.15, 0.2) is 6.10 Å². The van der Waals surface area contributed by atoms with Crippen LogP contribution in [-0.4, -0.2) is 70.0 Å². The summed E-state index contributed by atoms with van der Waals surface area (Å²) < 4.78 is 34.4. The van der Waals surface area contributed by atoms with Gasteiger partial charge in [0.25, 0.3) is 7.82 Å². The van der Waals surface area contributed by atoms with E-state index in [-0.39, 0.29) is 32.0 Å². The van der Waals surface area contributed by atoms with Gasteiger partial charge in [-0.15, -0.1) is 0 Å². The molecule has 0 heterocycles. The third-order valence-electron chi connectivity index (χ3n) is 16.4. The van der Waals surface area contributed by atoms with E-state index < -0.39 is 26.5 Å². The zero-order chi connectivity index (χ0) is 71.1. The van der Waals surface area contributed by atoms with Gasteiger partial charge in [0.05, 0.1) is 27.7 Å². The summed E-state index contributed by atoms with van der Waals surface area (Å²) >= 11 is 0. The molecule has 0 aromatic rings. The number of unbranched alkanes of at least 4 members (excludes halogenated alkanes) is 27. The van der Waals surface area contributed by atoms with Crippen molar-refractivity contribution in [2.75, 3.05) is 47.5 Å². The van der Waals surface area contributed by atoms with Gasteiger partial charge in [-0.3, -0.25) is 14.2 Å². The van der Waals surface area contributed by atoms with Crippen LogP contribution in [0.5, 0.6) is 0 Å². The fraction of sp³-hybridized carbons (Fsp3) is 0.636. The molecule has 0 radical (unpaired) electrons. The first-order valence-corrected chi connectivity index (χ1v) is 41.0. The fourth-order valence-corrected chi connectivity index (χ4v) is 11.2. The zero-order valence-electron chi connectivity index (χ0n) is 63.4. The van der Waals surface area contributed by atoms with E-state index in [0.717, 1.165) is 141 Å². The van der Waals surface area contributed by atoms with Gasteiger partial charge < -0.3 is 27.9 Å². The molecule has 0 saturated carbocycles. The smallest absolute Gasteiger partial charge is 0.306 e. The first-order valence-electron chi connectivity index (χ1n) is 39.5. The van der Waals surface area contributed by atoms with E-state index in [4.69, 9.17) is 18.5 Å². The van der Waals surface area contributed by atoms with Crippen LogP contribution in [0.3, 0.4) is 0 Å². The molecule has 0 aliphatic rings. The number of phosphoric ester groups is 1. The summed E-state index contributed by atoms with van der Waals surface area (Å²) in [6.45, 7) is 4.01. The van der Waals surface area contributed by atoms with Crippen molar-refractivity contribution in [2.24, 2.45) is 0 Å². The molecule has 0 amide bonds. The van der Waals surface area contributed by atoms with E-state index in [1.165, 1.54) is 135 Å². The Morgan fingerprint density at radius 1 is 0.316 bits per heavy atom. The minimum absolute atomic E-state index is 0.0398. The van der Waals surface area contributed by atoms with Crippen LogP contribution < -0.4 is 4.89 Å². The highest BCUT2D eigenvalue weighted by Gasteiger charge is 2.22. The second kappa shape index (κ2) is 76.3. The van der Waals surface area contributed by atoms with Crippen molar-refractivity contribution < 1.29 is 42.1 Å². The summed E-state index contributed by atoms with van der Waals surface area (Å²) in [5.41, 5.74) is 0. The Bertz CT molecular complexity index is 2320. The minimum atomic E-state index is -4.66. The van der Waals surface area contributed by atoms with E-state index in [1.54, 1.807) is 0 Å². The normalized spacial score (nSPS) is 14.1. The number of allylic oxidation sites excluding steroid dienone is 30. The van der Waals surface area contributed by atoms with Crippen LogP contribution in [0.2, 0.25) is 0 Å². The number of phosphoric acid groups is 1. The van der Waals surface area contributed by atoms with E-state index in [0.29, 0.717) is 17.4 Å². The number of carbonyl (C=O) groups is 2. The van der Waals surface area contributed by atoms with Gasteiger partial charge >= 0.3 is 11.9 Å². The number of carbonyl (C=O) groups excluding carboxylic acids is 2. The lowest BCUT2D eigenvalue weighted by Gasteiger charge is -2.28. The third kappa shape index (κ3) is 80.1. The zero-order valence-corrected chi connectivity index (χ0v) is 64.3. The van der Waals surface area contributed by atoms with Crippen LogP contribution in [0.4, 0.5) is 0 Å². The van der Waals surface area contributed by atoms with Gasteiger partial charge in [-0.2, -0.15) is 0 Å². The maximum atomic E-state index is 12.9. The van der Waals surface area contributed by atoms with Crippen LogP contribution in [-0.2, 0) is 32.7 Å². The number of quaternary nitrogens is 1. The molecule has 10 heteroatoms. The molecule has 0 saturated heterocycles. The van der Waals surface area contributed by atoms with E-state index in [2.05, 4.69) is 196 Å². The molecule has 0 aromatic heterocycles. The lowest BCUT2D eigenvalue weighted by Crippen LogP contribution is -2.37. The molecule has 0 bridgehead atoms. The highest BCUT2D eigenvalue weighted by atomic mass is 31.2. The first kappa shape index (κ1) is 93.1. The van der Waals surface area contributed by atoms with Gasteiger partial charge in [-0.1, -0.05) is 344 Å². The summed E-state index contributed by atoms with van der Waals surface area (Å²) in [6, 6.07) is 0. The molecule has 2 unspecified atom stereocenters. The van der Waals surface area contributed by atoms with Gasteiger partial charge in [0.1, 0.15) is 19.8 Å². The van der Waals surface area contributed by atoms with Gasteiger partial charge in [-0.05, 0) is 135 Å². The number of nitrogens with zero attached hydrogens (tertiary/aromatic N) is 1. The predicted molar refractivity (Wildman–Crippen MR) is 424 cm³/mol. The summed E-state index contributed by atoms with van der Waals surface area (Å²) in [7, 11) is 1.15. The number of rotatable bonds is 71. The number of esters is 2. The molecule has 0 aromatic carbocycles. The molecule has 0 rings (SSSR count). The molecule has 0 aliphatic heterocycles. The molecule has 0 spiro atoms. The summed E-state index contributed by atoms with van der Waals surface area (Å²) in [4.78, 5) is 38.2. The topological polar surface area (TPSA) is 111 Å². The molecule has 0 fully saturated rings. The largest absolute Gasteiger partial charge is 0.756 e. The Morgan fingerprint density at radius 2 is 0.551 bits per heavy atom. The van der Waals surface area contributed by atoms with E-state index in [9.17, 15) is 19.0 Å². The summed E-state index contributed by atoms with van der Waals surface area (Å²) in [5, 5.41) is 0. The number of hydrogen-bond acceptors (Lipinski definition) is 8. The Labute approximate surface area is 603 Å². The van der Waals surface area contributed by atoms with E-state index >= 15 is 0 Å². The Hall–Kier alpha value is -4.89. The standard InChI is InChI=1S/C88H146NO8P/c1-6-8-10-12-14-16-18-20-22-24-26-28-30-32-34-36-38-40-42-43-44-45-47-49-51-53-55-57-59-61-63-65-67-69-71-73-75-77-79-81-88(91)97-86(85-96-98(92,93)95-83-82-89(3,4)5)84-94-87(90)80-78-76-74-72-70-68-66-64-62-60-58-56-54-52-50-48-46-41-39-37-35-33-31-29-27-25-23-21-19-17-15-13-11-9-7-2/h8-11,14-17,20-23,26-29,32-35,38,40,43-44,47,49,53,55,59,61,86H,6-7,12-13,18-19,24-25,30-31,36-37,39,41-42,45-46,48,50-52,54,56-58,60,62-85H2,1-5H3/b10-8-,11-9-,16-14-,17-15-,22-20-,23-21-,28-26-,29-27-,34-32-,35-33-,40-38-,44-43-,49-47-,55-53-,61-59-. The maximum Gasteiger partial charge on any atom is 0.306 e. The van der Waals surface area contributed by atoms with Crippen LogP contribution in [0.15, 0.2) is 182 Å². The van der Waals surface area contributed by atoms with Gasteiger partial charge in [-0.25, -0.2) is 0 Å². The average Bonchev–Trinajstić information content (AvgIpc) is 1.23. The SMILES string of the molecule is CC/C=C\C/C=C\C/C=C\C/C=C\C/C=C\C/C=C\C/C=C\C/C=C\C/C=C\C/C=C\CCCCCCCCCCC(=O)OC(COC(=O)CCCCCCCCCCCCCCCCCCCCC/C=C\C/C=C\C/C=C\C/C=C\C/C=C\CC)COP(=O)([O-])OCC[N+](C)(C)C. The third-order valence-corrected chi connectivity index (χ3v) is 17.4. The number of hydrogen-bond donors (Lipinski definition) is 0. The molecule has 9 nitrogen and oxygen atoms in total. The Kier molecular flexibility index (Phi) is 72.5. The van der Waals surface area contributed by atoms with Crippen LogP contribution in [0.1, 0.15) is 309 Å². The monoisotopic (exact) mass is 1380 g/mol. The van der Waals surface area contributed by atoms with Gasteiger partial charge in [0, 0.05) is 12.8 Å². The van der Waals surface area contributed by atoms with Crippen molar-refractivity contribution >= 4 is 19.8 Å². The maximum absolute atomic E-state index is 12.9. The minimum Gasteiger partial charge on any atom is -0.756 e. The molecule has 2 atom stereocenters. The number of likely N-dealkylation sites (N-methyl/N-ethyl adjacent to an activating group) is 1. The van der Waals surface area contributed by atoms with Gasteiger partial charge in [0.2, 0.25) is 0 Å². The van der Waals surface area contributed by atoms with Crippen molar-refractivity contribution in [1.29, 1.82) is 0 Å². The quantitative estimate of drug-likeness (QED) is 0.0195. The van der Waals surface area contributed by atoms with E-state index in [1.807, 2.05) is 21.1 Å². The molecule has 0 aliphatic carbocycles. The predicted octanol–water partition coefficient (Wildman–Crippen LogP) is 26.0. The fourth-order valence-electron chi connectivity index (χ4n) is 10.5. The summed E-state index contributed by atoms with van der Waals surface area (Å²) in [6.07, 6.45) is 117. The van der Waals surface area contributed by atoms with Crippen LogP contribution in [0.25, 0.3) is 0 Å². The Morgan fingerprint density at radius 3 is 0.816 bits per heavy atom. The van der Waals surface area contributed by atoms with Crippen molar-refractivity contribution in [3.8, 4) is 0 Å². The lowest BCUT2D eigenvalue weighted by molar-refractivity contribution is -0.870. The number of ether oxygens (including phenoxy) is 2. The summed E-state index contributed by atoms with van der Waals surface area (Å²) in [5.74, 6) is -0.844. The first-order chi connectivity index (χ1) is 48.0. The molecule has 556 valence electrons. The average molecular weight is 1380 g/mol. The Balaban J connectivity index is 4.06. The second-order valence-corrected chi connectivity index (χ2v) is 28.4. The molecular formula is C88H146NO8P. The van der Waals surface area contributed by atoms with Crippen LogP contribution in [0, 0.1) is 0 Å². The van der Waals surface area contributed by atoms with Crippen LogP contribution >= 0.6 is 7.82 Å². The van der Waals surface area contributed by atoms with Crippen molar-refractivity contribution in [2.45, 2.75) is 315 Å². The highest BCUT2D eigenvalue weighted by molar-refractivity contribution is 7.45. The van der Waals surface area contributed by atoms with Crippen molar-refractivity contribution in [1.82, 2.24) is 0 Å².